The number of aromatic amines is 2. The van der Waals surface area contributed by atoms with Crippen LogP contribution in [0, 0.1) is 6.92 Å². The van der Waals surface area contributed by atoms with Crippen LogP contribution in [0.3, 0.4) is 0 Å². The van der Waals surface area contributed by atoms with Crippen molar-refractivity contribution in [3.05, 3.63) is 57.0 Å². The van der Waals surface area contributed by atoms with E-state index in [-0.39, 0.29) is 23.4 Å². The number of ether oxygens (including phenoxy) is 1. The second kappa shape index (κ2) is 13.7. The summed E-state index contributed by atoms with van der Waals surface area (Å²) in [4.78, 5) is 52.4. The van der Waals surface area contributed by atoms with E-state index in [1.165, 1.54) is 12.8 Å². The minimum atomic E-state index is -0.678. The SMILES string of the molecule is Cc1cc(C[C@@H](NC(=O)N2CCC(c3cc4c([nH]c3=O)OCCC4)CC2)C(=O)N2CCN(C3CCN(C)CC3)CC2)cc2cn[nH]c12. The lowest BCUT2D eigenvalue weighted by Crippen LogP contribution is -2.59. The van der Waals surface area contributed by atoms with Gasteiger partial charge in [-0.05, 0) is 94.8 Å². The predicted octanol–water partition coefficient (Wildman–Crippen LogP) is 2.62. The first-order chi connectivity index (χ1) is 22.8. The smallest absolute Gasteiger partial charge is 0.318 e. The normalized spacial score (nSPS) is 21.0. The molecule has 12 nitrogen and oxygen atoms in total. The van der Waals surface area contributed by atoms with Crippen molar-refractivity contribution in [3.8, 4) is 5.88 Å². The van der Waals surface area contributed by atoms with Crippen LogP contribution in [0.4, 0.5) is 4.79 Å². The van der Waals surface area contributed by atoms with Crippen LogP contribution in [0.25, 0.3) is 10.9 Å². The standard InChI is InChI=1S/C35H48N8O4/c1-23-18-24(19-27-22-36-39-31(23)27)20-30(34(45)42-15-13-41(14-16-42)28-7-9-40(2)10-8-28)37-35(46)43-11-5-25(6-12-43)29-21-26-4-3-17-47-33(26)38-32(29)44/h18-19,21-22,25,28,30H,3-17,20H2,1-2H3,(H,36,39)(H,37,46)(H,38,44)/t30-/m1/s1. The third kappa shape index (κ3) is 6.89. The van der Waals surface area contributed by atoms with Crippen LogP contribution in [0.2, 0.25) is 0 Å². The molecule has 3 saturated heterocycles. The largest absolute Gasteiger partial charge is 0.479 e. The quantitative estimate of drug-likeness (QED) is 0.376. The molecule has 0 radical (unpaired) electrons. The van der Waals surface area contributed by atoms with E-state index in [2.05, 4.69) is 49.5 Å². The summed E-state index contributed by atoms with van der Waals surface area (Å²) in [6.45, 7) is 9.02. The number of benzene rings is 1. The number of amides is 3. The van der Waals surface area contributed by atoms with Gasteiger partial charge in [-0.15, -0.1) is 0 Å². The minimum Gasteiger partial charge on any atom is -0.479 e. The summed E-state index contributed by atoms with van der Waals surface area (Å²) in [5.74, 6) is 0.657. The topological polar surface area (TPSA) is 130 Å². The van der Waals surface area contributed by atoms with Gasteiger partial charge in [0, 0.05) is 68.2 Å². The zero-order valence-corrected chi connectivity index (χ0v) is 27.7. The second-order valence-electron chi connectivity index (χ2n) is 14.0. The Labute approximate surface area is 275 Å². The molecule has 3 amide bonds. The molecule has 0 bridgehead atoms. The number of piperazine rings is 1. The van der Waals surface area contributed by atoms with Crippen molar-refractivity contribution >= 4 is 22.8 Å². The number of urea groups is 1. The molecule has 0 unspecified atom stereocenters. The zero-order valence-electron chi connectivity index (χ0n) is 27.7. The van der Waals surface area contributed by atoms with Gasteiger partial charge in [-0.25, -0.2) is 4.79 Å². The molecule has 252 valence electrons. The summed E-state index contributed by atoms with van der Waals surface area (Å²) < 4.78 is 5.64. The van der Waals surface area contributed by atoms with E-state index >= 15 is 0 Å². The van der Waals surface area contributed by atoms with Crippen LogP contribution >= 0.6 is 0 Å². The van der Waals surface area contributed by atoms with Gasteiger partial charge in [0.25, 0.3) is 5.56 Å². The molecule has 6 heterocycles. The molecule has 3 fully saturated rings. The summed E-state index contributed by atoms with van der Waals surface area (Å²) >= 11 is 0. The maximum atomic E-state index is 14.1. The van der Waals surface area contributed by atoms with E-state index in [4.69, 9.17) is 4.74 Å². The van der Waals surface area contributed by atoms with Gasteiger partial charge in [0.2, 0.25) is 5.91 Å². The number of pyridine rings is 1. The highest BCUT2D eigenvalue weighted by Gasteiger charge is 2.34. The van der Waals surface area contributed by atoms with Gasteiger partial charge in [-0.2, -0.15) is 5.10 Å². The highest BCUT2D eigenvalue weighted by molar-refractivity contribution is 5.88. The maximum Gasteiger partial charge on any atom is 0.318 e. The summed E-state index contributed by atoms with van der Waals surface area (Å²) in [5.41, 5.74) is 4.79. The average Bonchev–Trinajstić information content (AvgIpc) is 3.57. The van der Waals surface area contributed by atoms with Gasteiger partial charge < -0.3 is 24.8 Å². The summed E-state index contributed by atoms with van der Waals surface area (Å²) in [6, 6.07) is 5.83. The van der Waals surface area contributed by atoms with E-state index in [0.29, 0.717) is 64.0 Å². The Hall–Kier alpha value is -3.90. The molecule has 0 spiro atoms. The predicted molar refractivity (Wildman–Crippen MR) is 180 cm³/mol. The molecular weight excluding hydrogens is 596 g/mol. The Morgan fingerprint density at radius 1 is 1.00 bits per heavy atom. The Kier molecular flexibility index (Phi) is 9.22. The fourth-order valence-electron chi connectivity index (χ4n) is 8.02. The molecule has 4 aliphatic rings. The highest BCUT2D eigenvalue weighted by Crippen LogP contribution is 2.30. The molecule has 1 atom stereocenters. The number of carbonyl (C=O) groups excluding carboxylic acids is 2. The molecule has 3 aromatic rings. The fraction of sp³-hybridized carbons (Fsp3) is 0.600. The van der Waals surface area contributed by atoms with Crippen molar-refractivity contribution in [2.45, 2.75) is 69.9 Å². The molecule has 7 rings (SSSR count). The van der Waals surface area contributed by atoms with E-state index in [9.17, 15) is 14.4 Å². The average molecular weight is 645 g/mol. The fourth-order valence-corrected chi connectivity index (χ4v) is 8.02. The van der Waals surface area contributed by atoms with Crippen LogP contribution in [0.5, 0.6) is 5.88 Å². The van der Waals surface area contributed by atoms with Gasteiger partial charge in [-0.1, -0.05) is 6.07 Å². The van der Waals surface area contributed by atoms with E-state index in [1.807, 2.05) is 17.9 Å². The number of likely N-dealkylation sites (tertiary alicyclic amines) is 2. The number of hydrogen-bond donors (Lipinski definition) is 3. The van der Waals surface area contributed by atoms with Crippen molar-refractivity contribution in [1.29, 1.82) is 0 Å². The number of carbonyl (C=O) groups is 2. The van der Waals surface area contributed by atoms with Crippen LogP contribution < -0.4 is 15.6 Å². The number of fused-ring (bicyclic) bond motifs is 2. The van der Waals surface area contributed by atoms with Crippen molar-refractivity contribution in [3.63, 3.8) is 0 Å². The molecule has 4 aliphatic heterocycles. The number of nitrogens with one attached hydrogen (secondary N) is 3. The van der Waals surface area contributed by atoms with Crippen molar-refractivity contribution < 1.29 is 14.3 Å². The minimum absolute atomic E-state index is 0.0241. The molecule has 1 aromatic carbocycles. The number of hydrogen-bond acceptors (Lipinski definition) is 7. The first kappa shape index (κ1) is 31.7. The van der Waals surface area contributed by atoms with Crippen LogP contribution in [-0.4, -0.2) is 125 Å². The summed E-state index contributed by atoms with van der Waals surface area (Å²) in [7, 11) is 2.18. The summed E-state index contributed by atoms with van der Waals surface area (Å²) in [6.07, 6.45) is 7.79. The van der Waals surface area contributed by atoms with Gasteiger partial charge in [0.15, 0.2) is 5.88 Å². The van der Waals surface area contributed by atoms with Crippen LogP contribution in [0.15, 0.2) is 29.2 Å². The van der Waals surface area contributed by atoms with Gasteiger partial charge in [0.05, 0.1) is 18.3 Å². The number of aromatic nitrogens is 3. The van der Waals surface area contributed by atoms with Crippen molar-refractivity contribution in [2.75, 3.05) is 66.0 Å². The van der Waals surface area contributed by atoms with Gasteiger partial charge in [-0.3, -0.25) is 24.6 Å². The molecule has 0 aliphatic carbocycles. The van der Waals surface area contributed by atoms with Crippen molar-refractivity contribution in [2.24, 2.45) is 0 Å². The maximum absolute atomic E-state index is 14.1. The molecule has 12 heteroatoms. The molecular formula is C35H48N8O4. The van der Waals surface area contributed by atoms with Crippen LogP contribution in [0.1, 0.15) is 60.3 Å². The Morgan fingerprint density at radius 3 is 2.53 bits per heavy atom. The highest BCUT2D eigenvalue weighted by atomic mass is 16.5. The molecule has 0 saturated carbocycles. The zero-order chi connectivity index (χ0) is 32.5. The lowest BCUT2D eigenvalue weighted by atomic mass is 9.89. The van der Waals surface area contributed by atoms with Crippen LogP contribution in [-0.2, 0) is 17.6 Å². The molecule has 3 N–H and O–H groups in total. The number of nitrogens with zero attached hydrogens (tertiary/aromatic N) is 5. The van der Waals surface area contributed by atoms with Gasteiger partial charge >= 0.3 is 6.03 Å². The molecule has 47 heavy (non-hydrogen) atoms. The Bertz CT molecular complexity index is 1640. The first-order valence-electron chi connectivity index (χ1n) is 17.4. The number of piperidine rings is 2. The number of rotatable bonds is 6. The van der Waals surface area contributed by atoms with Crippen molar-refractivity contribution in [1.82, 2.24) is 40.1 Å². The van der Waals surface area contributed by atoms with Gasteiger partial charge in [0.1, 0.15) is 6.04 Å². The van der Waals surface area contributed by atoms with E-state index in [1.54, 1.807) is 11.1 Å². The third-order valence-electron chi connectivity index (χ3n) is 10.8. The van der Waals surface area contributed by atoms with E-state index in [0.717, 1.165) is 72.2 Å². The molecule has 2 aromatic heterocycles. The lowest BCUT2D eigenvalue weighted by Gasteiger charge is -2.43. The first-order valence-corrected chi connectivity index (χ1v) is 17.4. The summed E-state index contributed by atoms with van der Waals surface area (Å²) in [5, 5.41) is 11.4. The number of aryl methyl sites for hydroxylation is 2. The lowest BCUT2D eigenvalue weighted by molar-refractivity contribution is -0.135. The number of H-pyrrole nitrogens is 2. The second-order valence-corrected chi connectivity index (χ2v) is 14.0. The Balaban J connectivity index is 1.02. The third-order valence-corrected chi connectivity index (χ3v) is 10.8. The monoisotopic (exact) mass is 644 g/mol. The van der Waals surface area contributed by atoms with E-state index < -0.39 is 6.04 Å². The Morgan fingerprint density at radius 2 is 1.77 bits per heavy atom.